The molecule has 1 N–H and O–H groups in total. The van der Waals surface area contributed by atoms with Crippen LogP contribution >= 0.6 is 0 Å². The van der Waals surface area contributed by atoms with Crippen molar-refractivity contribution in [3.05, 3.63) is 70.8 Å². The van der Waals surface area contributed by atoms with E-state index in [0.717, 1.165) is 30.2 Å². The lowest BCUT2D eigenvalue weighted by Crippen LogP contribution is -2.40. The second kappa shape index (κ2) is 12.0. The monoisotopic (exact) mass is 657 g/mol. The third-order valence-corrected chi connectivity index (χ3v) is 9.19. The summed E-state index contributed by atoms with van der Waals surface area (Å²) < 4.78 is 51.0. The lowest BCUT2D eigenvalue weighted by atomic mass is 9.98. The van der Waals surface area contributed by atoms with Crippen LogP contribution in [0, 0.1) is 18.3 Å². The number of carbonyl (C=O) groups excluding carboxylic acids is 1. The largest absolute Gasteiger partial charge is 0.416 e. The summed E-state index contributed by atoms with van der Waals surface area (Å²) in [5, 5.41) is 21.1. The van der Waals surface area contributed by atoms with Gasteiger partial charge in [0.05, 0.1) is 42.8 Å². The smallest absolute Gasteiger partial charge is 0.376 e. The lowest BCUT2D eigenvalue weighted by molar-refractivity contribution is -0.138. The number of fused-ring (bicyclic) bond motifs is 1. The highest BCUT2D eigenvalue weighted by Gasteiger charge is 2.44. The van der Waals surface area contributed by atoms with E-state index in [1.165, 1.54) is 4.90 Å². The molecule has 3 aromatic heterocycles. The second-order valence-corrected chi connectivity index (χ2v) is 13.0. The Balaban J connectivity index is 1.32. The van der Waals surface area contributed by atoms with Crippen LogP contribution in [-0.2, 0) is 31.1 Å². The van der Waals surface area contributed by atoms with E-state index < -0.39 is 23.2 Å². The number of hydrogen-bond acceptors (Lipinski definition) is 9. The summed E-state index contributed by atoms with van der Waals surface area (Å²) >= 11 is 0. The highest BCUT2D eigenvalue weighted by atomic mass is 19.4. The number of halogens is 3. The minimum Gasteiger partial charge on any atom is -0.376 e. The number of ether oxygens (including phenoxy) is 1. The number of nitrogens with one attached hydrogen (secondary N) is 1. The number of hydrogen-bond donors (Lipinski definition) is 1. The summed E-state index contributed by atoms with van der Waals surface area (Å²) in [5.41, 5.74) is 1.89. The van der Waals surface area contributed by atoms with Gasteiger partial charge < -0.3 is 14.6 Å². The lowest BCUT2D eigenvalue weighted by Gasteiger charge is -2.31. The van der Waals surface area contributed by atoms with Crippen molar-refractivity contribution in [3.63, 3.8) is 0 Å². The van der Waals surface area contributed by atoms with Gasteiger partial charge in [-0.15, -0.1) is 10.2 Å². The topological polar surface area (TPSA) is 125 Å². The van der Waals surface area contributed by atoms with Gasteiger partial charge in [0.25, 0.3) is 5.91 Å². The summed E-state index contributed by atoms with van der Waals surface area (Å²) in [4.78, 5) is 26.7. The molecule has 4 aromatic rings. The Morgan fingerprint density at radius 3 is 2.65 bits per heavy atom. The first-order chi connectivity index (χ1) is 22.9. The summed E-state index contributed by atoms with van der Waals surface area (Å²) in [6, 6.07) is 10.4. The number of anilines is 2. The summed E-state index contributed by atoms with van der Waals surface area (Å²) in [5.74, 6) is 0.616. The first-order valence-corrected chi connectivity index (χ1v) is 15.8. The fourth-order valence-electron chi connectivity index (χ4n) is 6.59. The molecular formula is C34H34F3N9O2. The van der Waals surface area contributed by atoms with E-state index in [1.54, 1.807) is 29.2 Å². The first kappa shape index (κ1) is 31.7. The number of aryl methyl sites for hydroxylation is 2. The number of morpholine rings is 1. The second-order valence-electron chi connectivity index (χ2n) is 13.0. The number of amides is 1. The van der Waals surface area contributed by atoms with Crippen LogP contribution in [0.2, 0.25) is 0 Å². The van der Waals surface area contributed by atoms with Gasteiger partial charge in [0.1, 0.15) is 18.0 Å². The van der Waals surface area contributed by atoms with Gasteiger partial charge in [-0.3, -0.25) is 19.6 Å². The molecule has 11 nitrogen and oxygen atoms in total. The molecular weight excluding hydrogens is 623 g/mol. The standard InChI is InChI=1S/C34H34F3N9O2/c1-20-10-24(26(15-39-20)31-43-40-19-44(31)3)23-13-29(42-33(4-5-33)6-7-38)41-30(14-23)46-18-27-25(32(46)47)11-22(12-28(27)34(35,36)37)17-45-8-9-48-21(2)16-45/h10-15,19,21H,4-6,8-9,16-18H2,1-3H3,(H,41,42)/t21-/m1/s1. The number of pyridine rings is 2. The molecule has 0 bridgehead atoms. The summed E-state index contributed by atoms with van der Waals surface area (Å²) in [7, 11) is 1.81. The molecule has 1 atom stereocenters. The quantitative estimate of drug-likeness (QED) is 0.261. The molecule has 248 valence electrons. The van der Waals surface area contributed by atoms with Gasteiger partial charge in [-0.1, -0.05) is 0 Å². The predicted molar refractivity (Wildman–Crippen MR) is 171 cm³/mol. The van der Waals surface area contributed by atoms with Crippen LogP contribution in [0.25, 0.3) is 22.5 Å². The Hall–Kier alpha value is -4.87. The number of rotatable bonds is 8. The third-order valence-electron chi connectivity index (χ3n) is 9.19. The van der Waals surface area contributed by atoms with Crippen molar-refractivity contribution in [2.75, 3.05) is 29.9 Å². The maximum atomic E-state index is 14.6. The molecule has 1 saturated heterocycles. The van der Waals surface area contributed by atoms with Crippen LogP contribution in [0.15, 0.2) is 42.9 Å². The van der Waals surface area contributed by atoms with Crippen LogP contribution < -0.4 is 10.2 Å². The molecule has 1 amide bonds. The van der Waals surface area contributed by atoms with E-state index >= 15 is 0 Å². The minimum atomic E-state index is -4.66. The van der Waals surface area contributed by atoms with Gasteiger partial charge in [-0.2, -0.15) is 18.4 Å². The van der Waals surface area contributed by atoms with Crippen molar-refractivity contribution in [3.8, 4) is 28.6 Å². The Labute approximate surface area is 275 Å². The maximum Gasteiger partial charge on any atom is 0.416 e. The zero-order valence-electron chi connectivity index (χ0n) is 26.8. The molecule has 48 heavy (non-hydrogen) atoms. The van der Waals surface area contributed by atoms with Crippen molar-refractivity contribution in [2.24, 2.45) is 7.05 Å². The van der Waals surface area contributed by atoms with E-state index in [-0.39, 0.29) is 42.6 Å². The highest BCUT2D eigenvalue weighted by molar-refractivity contribution is 6.10. The van der Waals surface area contributed by atoms with Crippen LogP contribution in [0.4, 0.5) is 24.8 Å². The van der Waals surface area contributed by atoms with E-state index in [4.69, 9.17) is 9.72 Å². The van der Waals surface area contributed by atoms with Gasteiger partial charge in [0.15, 0.2) is 5.82 Å². The fraction of sp³-hybridized carbons (Fsp3) is 0.412. The van der Waals surface area contributed by atoms with Crippen LogP contribution in [-0.4, -0.2) is 66.9 Å². The van der Waals surface area contributed by atoms with E-state index in [9.17, 15) is 23.2 Å². The summed E-state index contributed by atoms with van der Waals surface area (Å²) in [6.45, 7) is 5.43. The van der Waals surface area contributed by atoms with Crippen molar-refractivity contribution in [2.45, 2.75) is 64.0 Å². The Kier molecular flexibility index (Phi) is 7.92. The Morgan fingerprint density at radius 2 is 1.96 bits per heavy atom. The minimum absolute atomic E-state index is 0.0190. The molecule has 2 fully saturated rings. The molecule has 1 saturated carbocycles. The van der Waals surface area contributed by atoms with Crippen LogP contribution in [0.3, 0.4) is 0 Å². The molecule has 14 heteroatoms. The van der Waals surface area contributed by atoms with Crippen LogP contribution in [0.5, 0.6) is 0 Å². The number of carbonyl (C=O) groups is 1. The van der Waals surface area contributed by atoms with Gasteiger partial charge in [-0.05, 0) is 79.3 Å². The molecule has 0 spiro atoms. The van der Waals surface area contributed by atoms with Gasteiger partial charge in [0, 0.05) is 49.7 Å². The zero-order chi connectivity index (χ0) is 33.8. The molecule has 5 heterocycles. The summed E-state index contributed by atoms with van der Waals surface area (Å²) in [6.07, 6.45) is 0.391. The number of nitriles is 1. The Morgan fingerprint density at radius 1 is 1.15 bits per heavy atom. The number of alkyl halides is 3. The maximum absolute atomic E-state index is 14.6. The predicted octanol–water partition coefficient (Wildman–Crippen LogP) is 5.51. The Bertz CT molecular complexity index is 1950. The highest BCUT2D eigenvalue weighted by Crippen LogP contribution is 2.44. The van der Waals surface area contributed by atoms with Gasteiger partial charge >= 0.3 is 6.18 Å². The normalized spacial score (nSPS) is 18.9. The van der Waals surface area contributed by atoms with Crippen molar-refractivity contribution in [1.82, 2.24) is 29.6 Å². The molecule has 1 aromatic carbocycles. The fourth-order valence-corrected chi connectivity index (χ4v) is 6.59. The first-order valence-electron chi connectivity index (χ1n) is 15.8. The molecule has 1 aliphatic carbocycles. The van der Waals surface area contributed by atoms with E-state index in [2.05, 4.69) is 26.6 Å². The van der Waals surface area contributed by atoms with E-state index in [0.29, 0.717) is 48.0 Å². The number of benzene rings is 1. The molecule has 7 rings (SSSR count). The number of aromatic nitrogens is 5. The van der Waals surface area contributed by atoms with Crippen molar-refractivity contribution >= 4 is 17.5 Å². The van der Waals surface area contributed by atoms with Crippen LogP contribution in [0.1, 0.15) is 58.9 Å². The van der Waals surface area contributed by atoms with Gasteiger partial charge in [-0.25, -0.2) is 4.98 Å². The SMILES string of the molecule is Cc1cc(-c2cc(NC3(CC#N)CC3)nc(N3Cc4c(cc(CN5CCO[C@H](C)C5)cc4C(F)(F)F)C3=O)c2)c(-c2nncn2C)cn1. The third kappa shape index (κ3) is 6.11. The molecule has 0 radical (unpaired) electrons. The molecule has 0 unspecified atom stereocenters. The van der Waals surface area contributed by atoms with Gasteiger partial charge in [0.2, 0.25) is 0 Å². The average molecular weight is 658 g/mol. The van der Waals surface area contributed by atoms with Crippen molar-refractivity contribution in [1.29, 1.82) is 5.26 Å². The average Bonchev–Trinajstić information content (AvgIpc) is 3.51. The van der Waals surface area contributed by atoms with E-state index in [1.807, 2.05) is 37.9 Å². The molecule has 2 aliphatic heterocycles. The molecule has 3 aliphatic rings. The van der Waals surface area contributed by atoms with Crippen molar-refractivity contribution < 1.29 is 22.7 Å². The zero-order valence-corrected chi connectivity index (χ0v) is 26.8. The number of nitrogens with zero attached hydrogens (tertiary/aromatic N) is 8.